The number of aliphatic imine (C=N–C) groups is 1. The molecule has 1 heterocycles. The van der Waals surface area contributed by atoms with Gasteiger partial charge in [0.25, 0.3) is 0 Å². The Balaban J connectivity index is 1.85. The maximum absolute atomic E-state index is 14.9. The summed E-state index contributed by atoms with van der Waals surface area (Å²) >= 11 is 0. The smallest absolute Gasteiger partial charge is 0.491 e. The molecule has 0 bridgehead atoms. The summed E-state index contributed by atoms with van der Waals surface area (Å²) < 4.78 is 91.4. The van der Waals surface area contributed by atoms with Crippen molar-refractivity contribution in [1.29, 1.82) is 0 Å². The zero-order valence-electron chi connectivity index (χ0n) is 19.5. The Morgan fingerprint density at radius 3 is 2.21 bits per heavy atom. The van der Waals surface area contributed by atoms with Crippen molar-refractivity contribution in [2.45, 2.75) is 24.3 Å². The van der Waals surface area contributed by atoms with Gasteiger partial charge in [0, 0.05) is 23.1 Å². The van der Waals surface area contributed by atoms with Gasteiger partial charge in [0.2, 0.25) is 0 Å². The summed E-state index contributed by atoms with van der Waals surface area (Å²) in [5, 5.41) is 0. The Kier molecular flexibility index (Phi) is 6.68. The zero-order chi connectivity index (χ0) is 27.9. The summed E-state index contributed by atoms with van der Waals surface area (Å²) in [6.45, 7) is 0. The minimum Gasteiger partial charge on any atom is -0.496 e. The molecule has 0 spiro atoms. The highest BCUT2D eigenvalue weighted by atomic mass is 19.4. The number of methoxy groups -OCH3 is 1. The summed E-state index contributed by atoms with van der Waals surface area (Å²) in [6, 6.07) is 15.7. The number of halogens is 6. The molecule has 1 aliphatic rings. The maximum Gasteiger partial charge on any atom is 0.491 e. The highest BCUT2D eigenvalue weighted by Crippen LogP contribution is 2.52. The van der Waals surface area contributed by atoms with Gasteiger partial charge in [-0.05, 0) is 23.3 Å². The SMILES string of the molecule is COc1c(-c2ccccc2)cccc1C1(C(F)(F)F)Cc2cc(C(=O)OC(=O)C(F)(F)F)ccc2C(N)=N1. The van der Waals surface area contributed by atoms with Gasteiger partial charge < -0.3 is 15.2 Å². The molecule has 1 aliphatic heterocycles. The van der Waals surface area contributed by atoms with Crippen LogP contribution in [0.15, 0.2) is 71.7 Å². The number of para-hydroxylation sites is 1. The fraction of sp³-hybridized carbons (Fsp3) is 0.192. The van der Waals surface area contributed by atoms with Crippen LogP contribution in [0.2, 0.25) is 0 Å². The Morgan fingerprint density at radius 2 is 1.61 bits per heavy atom. The molecule has 0 saturated carbocycles. The average molecular weight is 536 g/mol. The van der Waals surface area contributed by atoms with Crippen molar-refractivity contribution in [3.8, 4) is 16.9 Å². The van der Waals surface area contributed by atoms with Gasteiger partial charge in [-0.3, -0.25) is 0 Å². The van der Waals surface area contributed by atoms with Crippen molar-refractivity contribution in [2.24, 2.45) is 10.7 Å². The Morgan fingerprint density at radius 1 is 0.921 bits per heavy atom. The third-order valence-electron chi connectivity index (χ3n) is 6.01. The van der Waals surface area contributed by atoms with E-state index in [1.165, 1.54) is 19.2 Å². The van der Waals surface area contributed by atoms with Gasteiger partial charge in [-0.2, -0.15) is 26.3 Å². The molecule has 4 rings (SSSR count). The molecule has 0 fully saturated rings. The largest absolute Gasteiger partial charge is 0.496 e. The molecule has 1 unspecified atom stereocenters. The van der Waals surface area contributed by atoms with E-state index in [1.54, 1.807) is 36.4 Å². The highest BCUT2D eigenvalue weighted by Gasteiger charge is 2.59. The van der Waals surface area contributed by atoms with Crippen LogP contribution in [-0.2, 0) is 21.5 Å². The van der Waals surface area contributed by atoms with Crippen LogP contribution >= 0.6 is 0 Å². The van der Waals surface area contributed by atoms with Crippen LogP contribution in [0.1, 0.15) is 27.0 Å². The lowest BCUT2D eigenvalue weighted by molar-refractivity contribution is -0.193. The quantitative estimate of drug-likeness (QED) is 0.277. The average Bonchev–Trinajstić information content (AvgIpc) is 2.87. The first-order chi connectivity index (χ1) is 17.8. The lowest BCUT2D eigenvalue weighted by atomic mass is 9.78. The summed E-state index contributed by atoms with van der Waals surface area (Å²) in [7, 11) is 1.21. The van der Waals surface area contributed by atoms with Crippen LogP contribution in [0.3, 0.4) is 0 Å². The van der Waals surface area contributed by atoms with Crippen LogP contribution < -0.4 is 10.5 Å². The first kappa shape index (κ1) is 26.7. The van der Waals surface area contributed by atoms with E-state index in [0.29, 0.717) is 11.1 Å². The number of hydrogen-bond donors (Lipinski definition) is 1. The first-order valence-electron chi connectivity index (χ1n) is 10.9. The van der Waals surface area contributed by atoms with Crippen LogP contribution in [-0.4, -0.2) is 37.2 Å². The van der Waals surface area contributed by atoms with E-state index >= 15 is 0 Å². The summed E-state index contributed by atoms with van der Waals surface area (Å²) in [6.07, 6.45) is -11.3. The fourth-order valence-electron chi connectivity index (χ4n) is 4.30. The van der Waals surface area contributed by atoms with E-state index in [2.05, 4.69) is 9.73 Å². The predicted octanol–water partition coefficient (Wildman–Crippen LogP) is 5.33. The van der Waals surface area contributed by atoms with Crippen LogP contribution in [0.5, 0.6) is 5.75 Å². The van der Waals surface area contributed by atoms with Gasteiger partial charge in [-0.1, -0.05) is 54.6 Å². The Bertz CT molecular complexity index is 1430. The van der Waals surface area contributed by atoms with Crippen LogP contribution in [0, 0.1) is 0 Å². The van der Waals surface area contributed by atoms with Crippen LogP contribution in [0.25, 0.3) is 11.1 Å². The number of alkyl halides is 6. The number of rotatable bonds is 4. The molecule has 0 radical (unpaired) electrons. The number of fused-ring (bicyclic) bond motifs is 1. The number of esters is 2. The molecule has 3 aromatic carbocycles. The summed E-state index contributed by atoms with van der Waals surface area (Å²) in [5.41, 5.74) is 2.89. The number of ether oxygens (including phenoxy) is 2. The second-order valence-corrected chi connectivity index (χ2v) is 8.33. The number of benzene rings is 3. The maximum atomic E-state index is 14.9. The topological polar surface area (TPSA) is 91.0 Å². The second-order valence-electron chi connectivity index (χ2n) is 8.33. The molecule has 0 aromatic heterocycles. The molecule has 0 amide bonds. The van der Waals surface area contributed by atoms with E-state index in [1.807, 2.05) is 0 Å². The molecular formula is C26H18F6N2O4. The second kappa shape index (κ2) is 9.51. The van der Waals surface area contributed by atoms with Gasteiger partial charge in [0.1, 0.15) is 11.6 Å². The van der Waals surface area contributed by atoms with Gasteiger partial charge in [0.05, 0.1) is 12.7 Å². The van der Waals surface area contributed by atoms with E-state index in [0.717, 1.165) is 18.2 Å². The molecule has 1 atom stereocenters. The standard InChI is InChI=1S/C26H18F6N2O4/c1-37-20-17(14-6-3-2-4-7-14)8-5-9-19(20)24(26(30,31)32)13-16-12-15(10-11-18(16)21(33)34-24)22(35)38-23(36)25(27,28)29/h2-12H,13H2,1H3,(H2,33,34). The van der Waals surface area contributed by atoms with E-state index in [9.17, 15) is 35.9 Å². The van der Waals surface area contributed by atoms with Gasteiger partial charge in [-0.15, -0.1) is 0 Å². The molecular weight excluding hydrogens is 518 g/mol. The number of carbonyl (C=O) groups excluding carboxylic acids is 2. The van der Waals surface area contributed by atoms with Crippen molar-refractivity contribution in [3.05, 3.63) is 89.0 Å². The molecule has 38 heavy (non-hydrogen) atoms. The molecule has 3 aromatic rings. The monoisotopic (exact) mass is 536 g/mol. The summed E-state index contributed by atoms with van der Waals surface area (Å²) in [4.78, 5) is 27.1. The van der Waals surface area contributed by atoms with Crippen molar-refractivity contribution >= 4 is 17.8 Å². The lowest BCUT2D eigenvalue weighted by Gasteiger charge is -2.37. The highest BCUT2D eigenvalue weighted by molar-refractivity contribution is 6.03. The summed E-state index contributed by atoms with van der Waals surface area (Å²) in [5.74, 6) is -5.06. The molecule has 6 nitrogen and oxygen atoms in total. The number of carbonyl (C=O) groups is 2. The number of nitrogens with zero attached hydrogens (tertiary/aromatic N) is 1. The van der Waals surface area contributed by atoms with Gasteiger partial charge >= 0.3 is 24.3 Å². The van der Waals surface area contributed by atoms with Crippen molar-refractivity contribution < 1.29 is 45.4 Å². The van der Waals surface area contributed by atoms with Crippen molar-refractivity contribution in [1.82, 2.24) is 0 Å². The minimum absolute atomic E-state index is 0.0433. The molecule has 0 saturated heterocycles. The number of hydrogen-bond acceptors (Lipinski definition) is 6. The number of amidine groups is 1. The third-order valence-corrected chi connectivity index (χ3v) is 6.01. The van der Waals surface area contributed by atoms with Crippen molar-refractivity contribution in [3.63, 3.8) is 0 Å². The first-order valence-corrected chi connectivity index (χ1v) is 10.9. The number of nitrogens with two attached hydrogens (primary N) is 1. The molecule has 0 aliphatic carbocycles. The van der Waals surface area contributed by atoms with Gasteiger partial charge in [-0.25, -0.2) is 14.6 Å². The minimum atomic E-state index is -5.44. The van der Waals surface area contributed by atoms with E-state index in [4.69, 9.17) is 10.5 Å². The Hall–Kier alpha value is -4.35. The third kappa shape index (κ3) is 4.69. The lowest BCUT2D eigenvalue weighted by Crippen LogP contribution is -2.47. The molecule has 198 valence electrons. The Labute approximate surface area is 211 Å². The predicted molar refractivity (Wildman–Crippen MR) is 124 cm³/mol. The van der Waals surface area contributed by atoms with Gasteiger partial charge in [0.15, 0.2) is 5.54 Å². The molecule has 2 N–H and O–H groups in total. The fourth-order valence-corrected chi connectivity index (χ4v) is 4.30. The molecule has 12 heteroatoms. The van der Waals surface area contributed by atoms with E-state index < -0.39 is 47.7 Å². The zero-order valence-corrected chi connectivity index (χ0v) is 19.5. The van der Waals surface area contributed by atoms with E-state index in [-0.39, 0.29) is 22.4 Å². The van der Waals surface area contributed by atoms with Crippen molar-refractivity contribution in [2.75, 3.05) is 7.11 Å². The van der Waals surface area contributed by atoms with Crippen LogP contribution in [0.4, 0.5) is 26.3 Å². The normalized spacial score (nSPS) is 17.3.